The Morgan fingerprint density at radius 3 is 2.57 bits per heavy atom. The van der Waals surface area contributed by atoms with E-state index in [0.29, 0.717) is 17.1 Å². The topological polar surface area (TPSA) is 37.4 Å². The van der Waals surface area contributed by atoms with Crippen LogP contribution in [0.2, 0.25) is 5.02 Å². The first-order valence-electron chi connectivity index (χ1n) is 8.43. The highest BCUT2D eigenvalue weighted by Crippen LogP contribution is 2.25. The Bertz CT molecular complexity index is 621. The van der Waals surface area contributed by atoms with E-state index in [4.69, 9.17) is 11.6 Å². The van der Waals surface area contributed by atoms with Crippen molar-refractivity contribution in [2.75, 3.05) is 13.1 Å². The largest absolute Gasteiger partial charge is 0.338 e. The summed E-state index contributed by atoms with van der Waals surface area (Å²) in [7, 11) is 0. The van der Waals surface area contributed by atoms with E-state index in [1.165, 1.54) is 6.42 Å². The molecular weight excluding hydrogens is 310 g/mol. The molecule has 0 N–H and O–H groups in total. The maximum atomic E-state index is 12.7. The predicted octanol–water partition coefficient (Wildman–Crippen LogP) is 4.26. The summed E-state index contributed by atoms with van der Waals surface area (Å²) in [6.45, 7) is 1.30. The van der Waals surface area contributed by atoms with Crippen molar-refractivity contribution in [3.63, 3.8) is 0 Å². The third kappa shape index (κ3) is 3.84. The van der Waals surface area contributed by atoms with Crippen molar-refractivity contribution in [2.45, 2.75) is 38.5 Å². The molecule has 3 rings (SSSR count). The molecule has 1 fully saturated rings. The molecule has 0 radical (unpaired) electrons. The first-order valence-corrected chi connectivity index (χ1v) is 8.81. The second-order valence-corrected chi connectivity index (χ2v) is 6.87. The third-order valence-corrected chi connectivity index (χ3v) is 5.03. The number of halogens is 1. The molecule has 0 spiro atoms. The second kappa shape index (κ2) is 7.31. The lowest BCUT2D eigenvalue weighted by atomic mass is 9.89. The van der Waals surface area contributed by atoms with Crippen LogP contribution in [0.4, 0.5) is 0 Å². The summed E-state index contributed by atoms with van der Waals surface area (Å²) in [5.41, 5.74) is 1.63. The predicted molar refractivity (Wildman–Crippen MR) is 91.6 cm³/mol. The number of Topliss-reactive ketones (excluding diaryl/α,β-unsaturated/α-hetero) is 1. The monoisotopic (exact) mass is 331 g/mol. The molecule has 2 aliphatic rings. The lowest BCUT2D eigenvalue weighted by molar-refractivity contribution is -0.128. The van der Waals surface area contributed by atoms with Gasteiger partial charge in [0.15, 0.2) is 5.78 Å². The van der Waals surface area contributed by atoms with Gasteiger partial charge in [-0.25, -0.2) is 0 Å². The van der Waals surface area contributed by atoms with Gasteiger partial charge in [-0.2, -0.15) is 0 Å². The summed E-state index contributed by atoms with van der Waals surface area (Å²) in [5, 5.41) is 0.631. The quantitative estimate of drug-likeness (QED) is 0.776. The highest BCUT2D eigenvalue weighted by molar-refractivity contribution is 6.30. The SMILES string of the molecule is O=C(c1ccc(Cl)cc1)[C@@H]1CCCN(C(=O)C2=CCCCC2)C1. The standard InChI is InChI=1S/C19H22ClNO2/c20-17-10-8-14(9-11-17)18(22)16-7-4-12-21(13-16)19(23)15-5-2-1-3-6-15/h5,8-11,16H,1-4,6-7,12-13H2/t16-/m1/s1. The maximum absolute atomic E-state index is 12.7. The van der Waals surface area contributed by atoms with Crippen molar-refractivity contribution in [3.8, 4) is 0 Å². The molecule has 1 amide bonds. The van der Waals surface area contributed by atoms with Gasteiger partial charge >= 0.3 is 0 Å². The average Bonchev–Trinajstić information content (AvgIpc) is 2.62. The summed E-state index contributed by atoms with van der Waals surface area (Å²) in [6, 6.07) is 7.03. The Kier molecular flexibility index (Phi) is 5.16. The summed E-state index contributed by atoms with van der Waals surface area (Å²) in [6.07, 6.45) is 7.98. The highest BCUT2D eigenvalue weighted by atomic mass is 35.5. The molecule has 1 heterocycles. The van der Waals surface area contributed by atoms with Crippen molar-refractivity contribution in [1.82, 2.24) is 4.90 Å². The fourth-order valence-corrected chi connectivity index (χ4v) is 3.59. The molecule has 1 aliphatic heterocycles. The van der Waals surface area contributed by atoms with Crippen LogP contribution in [0, 0.1) is 5.92 Å². The van der Waals surface area contributed by atoms with Gasteiger partial charge in [-0.05, 0) is 62.8 Å². The van der Waals surface area contributed by atoms with E-state index in [1.807, 2.05) is 4.90 Å². The van der Waals surface area contributed by atoms with Gasteiger partial charge < -0.3 is 4.90 Å². The van der Waals surface area contributed by atoms with Crippen molar-refractivity contribution in [3.05, 3.63) is 46.5 Å². The minimum atomic E-state index is -0.0990. The number of piperidine rings is 1. The van der Waals surface area contributed by atoms with Gasteiger partial charge in [0, 0.05) is 35.2 Å². The minimum Gasteiger partial charge on any atom is -0.338 e. The smallest absolute Gasteiger partial charge is 0.249 e. The number of carbonyl (C=O) groups is 2. The van der Waals surface area contributed by atoms with Crippen molar-refractivity contribution in [2.24, 2.45) is 5.92 Å². The summed E-state index contributed by atoms with van der Waals surface area (Å²) in [4.78, 5) is 27.2. The van der Waals surface area contributed by atoms with Gasteiger partial charge in [0.25, 0.3) is 0 Å². The van der Waals surface area contributed by atoms with Gasteiger partial charge in [-0.3, -0.25) is 9.59 Å². The van der Waals surface area contributed by atoms with Crippen LogP contribution in [0.15, 0.2) is 35.9 Å². The number of ketones is 1. The van der Waals surface area contributed by atoms with Crippen LogP contribution in [0.5, 0.6) is 0 Å². The van der Waals surface area contributed by atoms with Crippen LogP contribution in [0.3, 0.4) is 0 Å². The van der Waals surface area contributed by atoms with Crippen LogP contribution in [0.1, 0.15) is 48.9 Å². The molecule has 3 nitrogen and oxygen atoms in total. The molecule has 1 aromatic carbocycles. The van der Waals surface area contributed by atoms with E-state index in [2.05, 4.69) is 6.08 Å². The molecule has 122 valence electrons. The lowest BCUT2D eigenvalue weighted by Crippen LogP contribution is -2.43. The Labute approximate surface area is 142 Å². The van der Waals surface area contributed by atoms with Crippen LogP contribution in [-0.4, -0.2) is 29.7 Å². The third-order valence-electron chi connectivity index (χ3n) is 4.77. The molecule has 23 heavy (non-hydrogen) atoms. The Hall–Kier alpha value is -1.61. The van der Waals surface area contributed by atoms with Crippen LogP contribution in [0.25, 0.3) is 0 Å². The lowest BCUT2D eigenvalue weighted by Gasteiger charge is -2.33. The van der Waals surface area contributed by atoms with E-state index in [0.717, 1.165) is 44.2 Å². The first-order chi connectivity index (χ1) is 11.1. The zero-order valence-electron chi connectivity index (χ0n) is 13.3. The van der Waals surface area contributed by atoms with Crippen LogP contribution >= 0.6 is 11.6 Å². The fraction of sp³-hybridized carbons (Fsp3) is 0.474. The second-order valence-electron chi connectivity index (χ2n) is 6.44. The number of carbonyl (C=O) groups excluding carboxylic acids is 2. The zero-order chi connectivity index (χ0) is 16.2. The maximum Gasteiger partial charge on any atom is 0.249 e. The molecule has 1 saturated heterocycles. The van der Waals surface area contributed by atoms with E-state index in [1.54, 1.807) is 24.3 Å². The van der Waals surface area contributed by atoms with Gasteiger partial charge in [0.05, 0.1) is 0 Å². The molecule has 0 unspecified atom stereocenters. The van der Waals surface area contributed by atoms with E-state index >= 15 is 0 Å². The summed E-state index contributed by atoms with van der Waals surface area (Å²) >= 11 is 5.88. The number of amides is 1. The molecule has 0 aromatic heterocycles. The fourth-order valence-electron chi connectivity index (χ4n) is 3.46. The average molecular weight is 332 g/mol. The number of allylic oxidation sites excluding steroid dienone is 1. The number of hydrogen-bond acceptors (Lipinski definition) is 2. The molecule has 1 aromatic rings. The van der Waals surface area contributed by atoms with Gasteiger partial charge in [-0.1, -0.05) is 17.7 Å². The van der Waals surface area contributed by atoms with E-state index in [9.17, 15) is 9.59 Å². The van der Waals surface area contributed by atoms with Crippen molar-refractivity contribution < 1.29 is 9.59 Å². The molecule has 0 saturated carbocycles. The van der Waals surface area contributed by atoms with Crippen molar-refractivity contribution >= 4 is 23.3 Å². The summed E-state index contributed by atoms with van der Waals surface area (Å²) in [5.74, 6) is 0.160. The molecular formula is C19H22ClNO2. The van der Waals surface area contributed by atoms with Crippen molar-refractivity contribution in [1.29, 1.82) is 0 Å². The van der Waals surface area contributed by atoms with E-state index in [-0.39, 0.29) is 17.6 Å². The zero-order valence-corrected chi connectivity index (χ0v) is 14.0. The molecule has 4 heteroatoms. The number of hydrogen-bond donors (Lipinski definition) is 0. The number of rotatable bonds is 3. The Balaban J connectivity index is 1.68. The van der Waals surface area contributed by atoms with Gasteiger partial charge in [0.1, 0.15) is 0 Å². The van der Waals surface area contributed by atoms with Crippen LogP contribution in [-0.2, 0) is 4.79 Å². The van der Waals surface area contributed by atoms with Gasteiger partial charge in [-0.15, -0.1) is 0 Å². The van der Waals surface area contributed by atoms with Crippen LogP contribution < -0.4 is 0 Å². The number of likely N-dealkylation sites (tertiary alicyclic amines) is 1. The molecule has 1 aliphatic carbocycles. The Morgan fingerprint density at radius 1 is 1.09 bits per heavy atom. The first kappa shape index (κ1) is 16.3. The normalized spacial score (nSPS) is 21.7. The van der Waals surface area contributed by atoms with E-state index < -0.39 is 0 Å². The highest BCUT2D eigenvalue weighted by Gasteiger charge is 2.30. The minimum absolute atomic E-state index is 0.0990. The number of nitrogens with zero attached hydrogens (tertiary/aromatic N) is 1. The number of benzene rings is 1. The Morgan fingerprint density at radius 2 is 1.87 bits per heavy atom. The summed E-state index contributed by atoms with van der Waals surface area (Å²) < 4.78 is 0. The molecule has 0 bridgehead atoms. The molecule has 1 atom stereocenters. The van der Waals surface area contributed by atoms with Gasteiger partial charge in [0.2, 0.25) is 5.91 Å².